The number of nitrogens with one attached hydrogen (secondary N) is 1. The first-order valence-electron chi connectivity index (χ1n) is 6.56. The van der Waals surface area contributed by atoms with Crippen molar-refractivity contribution in [3.8, 4) is 0 Å². The SMILES string of the molecule is CC(=O)c1ccccc1NC(=O)C1CC2CC2C1. The van der Waals surface area contributed by atoms with Gasteiger partial charge in [-0.1, -0.05) is 12.1 Å². The standard InChI is InChI=1S/C15H17NO2/c1-9(17)13-4-2-3-5-14(13)16-15(18)12-7-10-6-11(10)8-12/h2-5,10-12H,6-8H2,1H3,(H,16,18). The maximum atomic E-state index is 12.1. The van der Waals surface area contributed by atoms with Gasteiger partial charge in [0.2, 0.25) is 5.91 Å². The summed E-state index contributed by atoms with van der Waals surface area (Å²) in [7, 11) is 0. The molecular weight excluding hydrogens is 226 g/mol. The van der Waals surface area contributed by atoms with Gasteiger partial charge in [0.05, 0.1) is 5.69 Å². The molecule has 2 atom stereocenters. The fourth-order valence-corrected chi connectivity index (χ4v) is 3.06. The van der Waals surface area contributed by atoms with Crippen LogP contribution in [0.1, 0.15) is 36.5 Å². The third-order valence-corrected chi connectivity index (χ3v) is 4.18. The second kappa shape index (κ2) is 4.23. The van der Waals surface area contributed by atoms with Crippen molar-refractivity contribution >= 4 is 17.4 Å². The second-order valence-electron chi connectivity index (χ2n) is 5.52. The lowest BCUT2D eigenvalue weighted by molar-refractivity contribution is -0.120. The molecule has 1 aromatic rings. The van der Waals surface area contributed by atoms with E-state index < -0.39 is 0 Å². The normalized spacial score (nSPS) is 28.6. The van der Waals surface area contributed by atoms with Crippen LogP contribution in [0.3, 0.4) is 0 Å². The molecule has 2 fully saturated rings. The summed E-state index contributed by atoms with van der Waals surface area (Å²) in [6.07, 6.45) is 3.37. The summed E-state index contributed by atoms with van der Waals surface area (Å²) in [6, 6.07) is 7.21. The minimum Gasteiger partial charge on any atom is -0.325 e. The van der Waals surface area contributed by atoms with E-state index in [9.17, 15) is 9.59 Å². The monoisotopic (exact) mass is 243 g/mol. The third kappa shape index (κ3) is 2.05. The predicted octanol–water partition coefficient (Wildman–Crippen LogP) is 2.87. The van der Waals surface area contributed by atoms with E-state index in [1.807, 2.05) is 12.1 Å². The Labute approximate surface area is 107 Å². The Morgan fingerprint density at radius 2 is 1.78 bits per heavy atom. The number of hydrogen-bond acceptors (Lipinski definition) is 2. The maximum absolute atomic E-state index is 12.1. The average Bonchev–Trinajstić information content (AvgIpc) is 2.96. The Kier molecular flexibility index (Phi) is 2.69. The Hall–Kier alpha value is -1.64. The van der Waals surface area contributed by atoms with E-state index in [-0.39, 0.29) is 17.6 Å². The van der Waals surface area contributed by atoms with Crippen LogP contribution in [0.25, 0.3) is 0 Å². The van der Waals surface area contributed by atoms with Gasteiger partial charge >= 0.3 is 0 Å². The molecule has 2 aliphatic rings. The Morgan fingerprint density at radius 3 is 2.44 bits per heavy atom. The van der Waals surface area contributed by atoms with Gasteiger partial charge < -0.3 is 5.32 Å². The predicted molar refractivity (Wildman–Crippen MR) is 69.4 cm³/mol. The number of amides is 1. The van der Waals surface area contributed by atoms with Gasteiger partial charge in [-0.25, -0.2) is 0 Å². The van der Waals surface area contributed by atoms with Crippen molar-refractivity contribution in [2.24, 2.45) is 17.8 Å². The molecule has 0 heterocycles. The fraction of sp³-hybridized carbons (Fsp3) is 0.467. The van der Waals surface area contributed by atoms with Crippen LogP contribution < -0.4 is 5.32 Å². The molecule has 1 N–H and O–H groups in total. The largest absolute Gasteiger partial charge is 0.325 e. The van der Waals surface area contributed by atoms with Crippen molar-refractivity contribution in [3.63, 3.8) is 0 Å². The van der Waals surface area contributed by atoms with Crippen molar-refractivity contribution in [1.29, 1.82) is 0 Å². The summed E-state index contributed by atoms with van der Waals surface area (Å²) < 4.78 is 0. The molecule has 3 heteroatoms. The number of benzene rings is 1. The lowest BCUT2D eigenvalue weighted by Crippen LogP contribution is -2.22. The van der Waals surface area contributed by atoms with Gasteiger partial charge in [0, 0.05) is 11.5 Å². The zero-order valence-electron chi connectivity index (χ0n) is 10.5. The summed E-state index contributed by atoms with van der Waals surface area (Å²) in [5.41, 5.74) is 1.24. The number of ketones is 1. The highest BCUT2D eigenvalue weighted by atomic mass is 16.2. The Bertz CT molecular complexity index is 499. The number of para-hydroxylation sites is 1. The van der Waals surface area contributed by atoms with E-state index in [0.29, 0.717) is 11.3 Å². The van der Waals surface area contributed by atoms with E-state index in [4.69, 9.17) is 0 Å². The first-order chi connectivity index (χ1) is 8.65. The summed E-state index contributed by atoms with van der Waals surface area (Å²) in [5, 5.41) is 2.92. The molecule has 0 radical (unpaired) electrons. The molecule has 3 rings (SSSR count). The summed E-state index contributed by atoms with van der Waals surface area (Å²) in [5.74, 6) is 1.80. The van der Waals surface area contributed by atoms with Crippen molar-refractivity contribution in [2.75, 3.05) is 5.32 Å². The molecule has 2 unspecified atom stereocenters. The highest BCUT2D eigenvalue weighted by molar-refractivity contribution is 6.04. The zero-order valence-corrected chi connectivity index (χ0v) is 10.5. The average molecular weight is 243 g/mol. The van der Waals surface area contributed by atoms with Gasteiger partial charge in [0.1, 0.15) is 0 Å². The molecule has 18 heavy (non-hydrogen) atoms. The molecule has 1 aromatic carbocycles. The number of carbonyl (C=O) groups excluding carboxylic acids is 2. The molecule has 94 valence electrons. The highest BCUT2D eigenvalue weighted by Crippen LogP contribution is 2.54. The molecule has 0 saturated heterocycles. The molecule has 0 aliphatic heterocycles. The zero-order chi connectivity index (χ0) is 12.7. The molecule has 0 spiro atoms. The first-order valence-corrected chi connectivity index (χ1v) is 6.56. The number of fused-ring (bicyclic) bond motifs is 1. The molecule has 0 aromatic heterocycles. The van der Waals surface area contributed by atoms with Crippen LogP contribution in [0.2, 0.25) is 0 Å². The van der Waals surface area contributed by atoms with E-state index in [2.05, 4.69) is 5.32 Å². The molecule has 2 saturated carbocycles. The number of carbonyl (C=O) groups is 2. The quantitative estimate of drug-likeness (QED) is 0.830. The lowest BCUT2D eigenvalue weighted by atomic mass is 10.0. The molecule has 1 amide bonds. The highest BCUT2D eigenvalue weighted by Gasteiger charge is 2.48. The number of hydrogen-bond donors (Lipinski definition) is 1. The van der Waals surface area contributed by atoms with Gasteiger partial charge in [-0.3, -0.25) is 9.59 Å². The lowest BCUT2D eigenvalue weighted by Gasteiger charge is -2.14. The molecule has 2 aliphatic carbocycles. The van der Waals surface area contributed by atoms with Crippen LogP contribution >= 0.6 is 0 Å². The van der Waals surface area contributed by atoms with Crippen molar-refractivity contribution in [3.05, 3.63) is 29.8 Å². The van der Waals surface area contributed by atoms with E-state index in [1.54, 1.807) is 12.1 Å². The van der Waals surface area contributed by atoms with Crippen molar-refractivity contribution in [2.45, 2.75) is 26.2 Å². The Balaban J connectivity index is 1.72. The van der Waals surface area contributed by atoms with Crippen LogP contribution in [0.5, 0.6) is 0 Å². The third-order valence-electron chi connectivity index (χ3n) is 4.18. The van der Waals surface area contributed by atoms with E-state index in [0.717, 1.165) is 24.7 Å². The van der Waals surface area contributed by atoms with E-state index >= 15 is 0 Å². The summed E-state index contributed by atoms with van der Waals surface area (Å²) in [4.78, 5) is 23.6. The van der Waals surface area contributed by atoms with Crippen molar-refractivity contribution in [1.82, 2.24) is 0 Å². The van der Waals surface area contributed by atoms with Crippen LogP contribution in [-0.2, 0) is 4.79 Å². The van der Waals surface area contributed by atoms with Gasteiger partial charge in [0.25, 0.3) is 0 Å². The van der Waals surface area contributed by atoms with Gasteiger partial charge in [-0.15, -0.1) is 0 Å². The van der Waals surface area contributed by atoms with Gasteiger partial charge in [-0.2, -0.15) is 0 Å². The van der Waals surface area contributed by atoms with E-state index in [1.165, 1.54) is 13.3 Å². The molecular formula is C15H17NO2. The minimum absolute atomic E-state index is 0.0137. The summed E-state index contributed by atoms with van der Waals surface area (Å²) >= 11 is 0. The van der Waals surface area contributed by atoms with Crippen LogP contribution in [0.4, 0.5) is 5.69 Å². The first kappa shape index (κ1) is 11.5. The number of Topliss-reactive ketones (excluding diaryl/α,β-unsaturated/α-hetero) is 1. The summed E-state index contributed by atoms with van der Waals surface area (Å²) in [6.45, 7) is 1.52. The van der Waals surface area contributed by atoms with Crippen molar-refractivity contribution < 1.29 is 9.59 Å². The van der Waals surface area contributed by atoms with Gasteiger partial charge in [0.15, 0.2) is 5.78 Å². The maximum Gasteiger partial charge on any atom is 0.227 e. The van der Waals surface area contributed by atoms with Crippen LogP contribution in [0, 0.1) is 17.8 Å². The molecule has 3 nitrogen and oxygen atoms in total. The molecule has 0 bridgehead atoms. The fourth-order valence-electron chi connectivity index (χ4n) is 3.06. The Morgan fingerprint density at radius 1 is 1.11 bits per heavy atom. The van der Waals surface area contributed by atoms with Gasteiger partial charge in [-0.05, 0) is 50.2 Å². The van der Waals surface area contributed by atoms with Crippen LogP contribution in [0.15, 0.2) is 24.3 Å². The van der Waals surface area contributed by atoms with Crippen LogP contribution in [-0.4, -0.2) is 11.7 Å². The number of rotatable bonds is 3. The number of anilines is 1. The topological polar surface area (TPSA) is 46.2 Å². The minimum atomic E-state index is -0.0137. The smallest absolute Gasteiger partial charge is 0.227 e. The second-order valence-corrected chi connectivity index (χ2v) is 5.52.